The van der Waals surface area contributed by atoms with Crippen LogP contribution in [0.25, 0.3) is 0 Å². The molecule has 1 aliphatic heterocycles. The molecule has 7 heteroatoms. The Morgan fingerprint density at radius 2 is 2.05 bits per heavy atom. The maximum Gasteiger partial charge on any atom is 0.269 e. The second kappa shape index (κ2) is 6.34. The molecular formula is C14H20N4O3. The van der Waals surface area contributed by atoms with E-state index < -0.39 is 10.5 Å². The van der Waals surface area contributed by atoms with Crippen LogP contribution in [0.1, 0.15) is 26.3 Å². The zero-order valence-corrected chi connectivity index (χ0v) is 12.7. The summed E-state index contributed by atoms with van der Waals surface area (Å²) in [5, 5.41) is 10.8. The van der Waals surface area contributed by atoms with Gasteiger partial charge < -0.3 is 10.6 Å². The van der Waals surface area contributed by atoms with Gasteiger partial charge in [-0.1, -0.05) is 26.0 Å². The van der Waals surface area contributed by atoms with E-state index in [9.17, 15) is 14.9 Å². The second-order valence-electron chi connectivity index (χ2n) is 4.64. The van der Waals surface area contributed by atoms with Crippen LogP contribution in [0.15, 0.2) is 29.3 Å². The van der Waals surface area contributed by atoms with E-state index in [4.69, 9.17) is 5.73 Å². The van der Waals surface area contributed by atoms with E-state index in [0.29, 0.717) is 11.4 Å². The van der Waals surface area contributed by atoms with Crippen LogP contribution in [-0.2, 0) is 10.3 Å². The first-order valence-electron chi connectivity index (χ1n) is 6.69. The van der Waals surface area contributed by atoms with E-state index in [2.05, 4.69) is 4.99 Å². The third-order valence-corrected chi connectivity index (χ3v) is 3.15. The molecular weight excluding hydrogens is 272 g/mol. The van der Waals surface area contributed by atoms with Gasteiger partial charge in [-0.25, -0.2) is 4.99 Å². The van der Waals surface area contributed by atoms with Crippen LogP contribution < -0.4 is 5.73 Å². The lowest BCUT2D eigenvalue weighted by atomic mass is 9.89. The number of hydrogen-bond donors (Lipinski definition) is 1. The van der Waals surface area contributed by atoms with Crippen molar-refractivity contribution in [3.05, 3.63) is 39.9 Å². The number of nitro groups is 1. The summed E-state index contributed by atoms with van der Waals surface area (Å²) in [6, 6.07) is 5.90. The van der Waals surface area contributed by atoms with Crippen molar-refractivity contribution >= 4 is 17.4 Å². The van der Waals surface area contributed by atoms with Gasteiger partial charge in [-0.3, -0.25) is 14.9 Å². The normalized spacial score (nSPS) is 21.2. The minimum absolute atomic E-state index is 0.0754. The van der Waals surface area contributed by atoms with Gasteiger partial charge in [-0.2, -0.15) is 0 Å². The van der Waals surface area contributed by atoms with E-state index >= 15 is 0 Å². The number of amides is 1. The molecule has 0 aliphatic carbocycles. The number of nitrogens with two attached hydrogens (primary N) is 1. The number of rotatable bonds is 2. The van der Waals surface area contributed by atoms with Gasteiger partial charge in [0.15, 0.2) is 5.54 Å². The monoisotopic (exact) mass is 292 g/mol. The molecule has 0 spiro atoms. The van der Waals surface area contributed by atoms with E-state index in [1.165, 1.54) is 23.1 Å². The first-order chi connectivity index (χ1) is 9.84. The predicted octanol–water partition coefficient (Wildman–Crippen LogP) is 1.67. The fourth-order valence-electron chi connectivity index (χ4n) is 2.17. The van der Waals surface area contributed by atoms with Crippen molar-refractivity contribution < 1.29 is 9.72 Å². The third kappa shape index (κ3) is 3.18. The zero-order chi connectivity index (χ0) is 16.2. The maximum absolute atomic E-state index is 12.3. The summed E-state index contributed by atoms with van der Waals surface area (Å²) in [6.07, 6.45) is 0. The summed E-state index contributed by atoms with van der Waals surface area (Å²) >= 11 is 0. The molecule has 0 radical (unpaired) electrons. The lowest BCUT2D eigenvalue weighted by Crippen LogP contribution is -2.51. The van der Waals surface area contributed by atoms with Crippen molar-refractivity contribution in [2.75, 3.05) is 13.6 Å². The molecule has 0 aromatic heterocycles. The van der Waals surface area contributed by atoms with E-state index in [1.54, 1.807) is 20.0 Å². The minimum Gasteiger partial charge on any atom is -0.386 e. The van der Waals surface area contributed by atoms with E-state index in [-0.39, 0.29) is 18.1 Å². The van der Waals surface area contributed by atoms with Crippen molar-refractivity contribution in [1.29, 1.82) is 0 Å². The van der Waals surface area contributed by atoms with Crippen LogP contribution in [-0.4, -0.2) is 35.2 Å². The van der Waals surface area contributed by atoms with E-state index in [1.807, 2.05) is 13.8 Å². The number of amidine groups is 1. The predicted molar refractivity (Wildman–Crippen MR) is 81.1 cm³/mol. The van der Waals surface area contributed by atoms with Crippen LogP contribution in [0.2, 0.25) is 0 Å². The SMILES string of the molecule is CC.CN1CC(N)=NC(C)(c2cccc([N+](=O)[O-])c2)C1=O. The molecule has 2 rings (SSSR count). The molecule has 1 aromatic rings. The topological polar surface area (TPSA) is 102 Å². The maximum atomic E-state index is 12.3. The molecule has 1 aliphatic rings. The molecule has 1 unspecified atom stereocenters. The van der Waals surface area contributed by atoms with Crippen LogP contribution >= 0.6 is 0 Å². The van der Waals surface area contributed by atoms with Crippen molar-refractivity contribution in [3.8, 4) is 0 Å². The van der Waals surface area contributed by atoms with Crippen molar-refractivity contribution in [1.82, 2.24) is 4.90 Å². The first-order valence-corrected chi connectivity index (χ1v) is 6.69. The summed E-state index contributed by atoms with van der Waals surface area (Å²) in [5.41, 5.74) is 4.90. The molecule has 7 nitrogen and oxygen atoms in total. The molecule has 1 heterocycles. The highest BCUT2D eigenvalue weighted by atomic mass is 16.6. The second-order valence-corrected chi connectivity index (χ2v) is 4.64. The van der Waals surface area contributed by atoms with Crippen LogP contribution in [0.5, 0.6) is 0 Å². The van der Waals surface area contributed by atoms with Gasteiger partial charge in [0.05, 0.1) is 11.5 Å². The fourth-order valence-corrected chi connectivity index (χ4v) is 2.17. The van der Waals surface area contributed by atoms with Crippen LogP contribution in [0, 0.1) is 10.1 Å². The van der Waals surface area contributed by atoms with Crippen LogP contribution in [0.4, 0.5) is 5.69 Å². The third-order valence-electron chi connectivity index (χ3n) is 3.15. The molecule has 0 saturated heterocycles. The fraction of sp³-hybridized carbons (Fsp3) is 0.429. The molecule has 1 amide bonds. The number of carbonyl (C=O) groups excluding carboxylic acids is 1. The van der Waals surface area contributed by atoms with Crippen molar-refractivity contribution in [3.63, 3.8) is 0 Å². The molecule has 0 fully saturated rings. The Labute approximate surface area is 123 Å². The highest BCUT2D eigenvalue weighted by Crippen LogP contribution is 2.31. The first kappa shape index (κ1) is 16.6. The van der Waals surface area contributed by atoms with Crippen LogP contribution in [0.3, 0.4) is 0 Å². The van der Waals surface area contributed by atoms with Gasteiger partial charge in [-0.15, -0.1) is 0 Å². The summed E-state index contributed by atoms with van der Waals surface area (Å²) in [4.78, 5) is 28.2. The van der Waals surface area contributed by atoms with Gasteiger partial charge in [-0.05, 0) is 12.5 Å². The largest absolute Gasteiger partial charge is 0.386 e. The summed E-state index contributed by atoms with van der Waals surface area (Å²) in [7, 11) is 1.62. The van der Waals surface area contributed by atoms with E-state index in [0.717, 1.165) is 0 Å². The lowest BCUT2D eigenvalue weighted by molar-refractivity contribution is -0.384. The lowest BCUT2D eigenvalue weighted by Gasteiger charge is -2.34. The molecule has 1 atom stereocenters. The number of nitrogens with zero attached hydrogens (tertiary/aromatic N) is 3. The zero-order valence-electron chi connectivity index (χ0n) is 12.7. The van der Waals surface area contributed by atoms with Crippen molar-refractivity contribution in [2.45, 2.75) is 26.3 Å². The Hall–Kier alpha value is -2.44. The number of non-ortho nitro benzene ring substituents is 1. The quantitative estimate of drug-likeness (QED) is 0.661. The number of likely N-dealkylation sites (N-methyl/N-ethyl adjacent to an activating group) is 1. The summed E-state index contributed by atoms with van der Waals surface area (Å²) in [5.74, 6) is 0.0957. The molecule has 2 N–H and O–H groups in total. The molecule has 21 heavy (non-hydrogen) atoms. The average molecular weight is 292 g/mol. The molecule has 114 valence electrons. The standard InChI is InChI=1S/C12H14N4O3.C2H6/c1-12(11(17)15(2)7-10(13)14-12)8-4-3-5-9(6-8)16(18)19;1-2/h3-6H,7H2,1-2H3,(H2,13,14);1-2H3. The van der Waals surface area contributed by atoms with Gasteiger partial charge in [0.2, 0.25) is 0 Å². The molecule has 1 aromatic carbocycles. The van der Waals surface area contributed by atoms with Gasteiger partial charge >= 0.3 is 0 Å². The number of aliphatic imine (C=N–C) groups is 1. The van der Waals surface area contributed by atoms with Crippen molar-refractivity contribution in [2.24, 2.45) is 10.7 Å². The average Bonchev–Trinajstić information content (AvgIpc) is 2.47. The number of hydrogen-bond acceptors (Lipinski definition) is 5. The Bertz CT molecular complexity index is 585. The minimum atomic E-state index is -1.21. The summed E-state index contributed by atoms with van der Waals surface area (Å²) < 4.78 is 0. The number of nitro benzene ring substituents is 1. The molecule has 0 saturated carbocycles. The van der Waals surface area contributed by atoms with Gasteiger partial charge in [0, 0.05) is 19.2 Å². The molecule has 0 bridgehead atoms. The van der Waals surface area contributed by atoms with Gasteiger partial charge in [0.1, 0.15) is 5.84 Å². The smallest absolute Gasteiger partial charge is 0.269 e. The highest BCUT2D eigenvalue weighted by molar-refractivity contribution is 5.98. The number of carbonyl (C=O) groups is 1. The highest BCUT2D eigenvalue weighted by Gasteiger charge is 2.41. The Morgan fingerprint density at radius 3 is 2.62 bits per heavy atom. The Morgan fingerprint density at radius 1 is 1.43 bits per heavy atom. The van der Waals surface area contributed by atoms with Gasteiger partial charge in [0.25, 0.3) is 11.6 Å². The Kier molecular flexibility index (Phi) is 5.02. The Balaban J connectivity index is 0.00000106. The number of benzene rings is 1. The summed E-state index contributed by atoms with van der Waals surface area (Å²) in [6.45, 7) is 5.88.